The standard InChI is InChI=1S/C15H13NO/c1-2-5-12-14-9-8-11-10-6-3-4-7-13(10)16(17-14)15(11)12/h3-4,6-9H,2,5H2,1H3. The molecular formula is C15H13NO. The Kier molecular flexibility index (Phi) is 1.63. The van der Waals surface area contributed by atoms with Crippen molar-refractivity contribution < 1.29 is 4.52 Å². The Hall–Kier alpha value is -1.96. The topological polar surface area (TPSA) is 17.6 Å². The third-order valence-electron chi connectivity index (χ3n) is 3.55. The van der Waals surface area contributed by atoms with Gasteiger partial charge in [-0.1, -0.05) is 31.5 Å². The summed E-state index contributed by atoms with van der Waals surface area (Å²) >= 11 is 0. The van der Waals surface area contributed by atoms with Gasteiger partial charge in [-0.25, -0.2) is 0 Å². The van der Waals surface area contributed by atoms with Crippen LogP contribution in [-0.2, 0) is 6.42 Å². The molecule has 0 spiro atoms. The van der Waals surface area contributed by atoms with Crippen LogP contribution in [0, 0.1) is 0 Å². The van der Waals surface area contributed by atoms with Crippen molar-refractivity contribution in [3.63, 3.8) is 0 Å². The average Bonchev–Trinajstić information content (AvgIpc) is 2.77. The molecule has 0 fully saturated rings. The number of aromatic nitrogens is 1. The van der Waals surface area contributed by atoms with E-state index in [2.05, 4.69) is 43.3 Å². The van der Waals surface area contributed by atoms with Gasteiger partial charge in [0, 0.05) is 16.3 Å². The lowest BCUT2D eigenvalue weighted by Crippen LogP contribution is -1.83. The molecule has 2 heteroatoms. The molecule has 17 heavy (non-hydrogen) atoms. The second-order valence-corrected chi connectivity index (χ2v) is 4.59. The summed E-state index contributed by atoms with van der Waals surface area (Å²) < 4.78 is 7.93. The molecule has 0 aliphatic carbocycles. The van der Waals surface area contributed by atoms with Gasteiger partial charge in [-0.3, -0.25) is 0 Å². The molecule has 2 nitrogen and oxygen atoms in total. The maximum atomic E-state index is 5.94. The fourth-order valence-corrected chi connectivity index (χ4v) is 2.84. The number of nitrogens with zero attached hydrogens (tertiary/aromatic N) is 1. The number of hydrogen-bond donors (Lipinski definition) is 0. The highest BCUT2D eigenvalue weighted by Crippen LogP contribution is 2.36. The summed E-state index contributed by atoms with van der Waals surface area (Å²) in [6, 6.07) is 12.7. The molecule has 0 radical (unpaired) electrons. The van der Waals surface area contributed by atoms with Gasteiger partial charge in [0.2, 0.25) is 0 Å². The largest absolute Gasteiger partial charge is 0.374 e. The first-order chi connectivity index (χ1) is 8.40. The molecule has 2 aromatic heterocycles. The molecule has 84 valence electrons. The van der Waals surface area contributed by atoms with Crippen molar-refractivity contribution in [2.75, 3.05) is 0 Å². The van der Waals surface area contributed by atoms with Gasteiger partial charge in [0.1, 0.15) is 0 Å². The average molecular weight is 223 g/mol. The van der Waals surface area contributed by atoms with Crippen molar-refractivity contribution in [2.45, 2.75) is 19.8 Å². The number of fused-ring (bicyclic) bond motifs is 4. The van der Waals surface area contributed by atoms with E-state index in [0.29, 0.717) is 0 Å². The number of para-hydroxylation sites is 1. The van der Waals surface area contributed by atoms with Crippen LogP contribution in [0.25, 0.3) is 27.4 Å². The van der Waals surface area contributed by atoms with Crippen molar-refractivity contribution in [1.29, 1.82) is 0 Å². The van der Waals surface area contributed by atoms with Crippen LogP contribution in [0.15, 0.2) is 40.9 Å². The van der Waals surface area contributed by atoms with E-state index >= 15 is 0 Å². The Labute approximate surface area is 98.7 Å². The Morgan fingerprint density at radius 3 is 2.82 bits per heavy atom. The van der Waals surface area contributed by atoms with Crippen molar-refractivity contribution in [1.82, 2.24) is 4.57 Å². The Balaban J connectivity index is 2.29. The Morgan fingerprint density at radius 2 is 1.94 bits per heavy atom. The van der Waals surface area contributed by atoms with Crippen LogP contribution < -0.4 is 0 Å². The summed E-state index contributed by atoms with van der Waals surface area (Å²) in [6.45, 7) is 2.21. The van der Waals surface area contributed by atoms with E-state index < -0.39 is 0 Å². The fourth-order valence-electron chi connectivity index (χ4n) is 2.84. The molecule has 0 unspecified atom stereocenters. The quantitative estimate of drug-likeness (QED) is 0.497. The second-order valence-electron chi connectivity index (χ2n) is 4.59. The smallest absolute Gasteiger partial charge is 0.161 e. The van der Waals surface area contributed by atoms with Crippen LogP contribution in [0.1, 0.15) is 18.9 Å². The van der Waals surface area contributed by atoms with Gasteiger partial charge in [0.25, 0.3) is 0 Å². The van der Waals surface area contributed by atoms with Crippen LogP contribution in [0.3, 0.4) is 0 Å². The van der Waals surface area contributed by atoms with Crippen LogP contribution in [0.5, 0.6) is 0 Å². The highest BCUT2D eigenvalue weighted by molar-refractivity contribution is 6.10. The molecule has 0 saturated heterocycles. The SMILES string of the molecule is CCCc1c2ccc3c4ccccc4n(o2)c13. The molecule has 2 bridgehead atoms. The normalized spacial score (nSPS) is 12.3. The molecule has 4 rings (SSSR count). The van der Waals surface area contributed by atoms with E-state index in [9.17, 15) is 0 Å². The van der Waals surface area contributed by atoms with E-state index in [1.54, 1.807) is 0 Å². The summed E-state index contributed by atoms with van der Waals surface area (Å²) in [6.07, 6.45) is 2.24. The zero-order chi connectivity index (χ0) is 11.4. The zero-order valence-corrected chi connectivity index (χ0v) is 9.73. The number of aryl methyl sites for hydroxylation is 1. The summed E-state index contributed by atoms with van der Waals surface area (Å²) in [4.78, 5) is 0. The molecule has 4 aromatic rings. The molecule has 0 atom stereocenters. The molecule has 0 saturated carbocycles. The maximum Gasteiger partial charge on any atom is 0.161 e. The van der Waals surface area contributed by atoms with E-state index in [0.717, 1.165) is 18.4 Å². The van der Waals surface area contributed by atoms with Gasteiger partial charge in [-0.15, -0.1) is 0 Å². The predicted molar refractivity (Wildman–Crippen MR) is 69.9 cm³/mol. The maximum absolute atomic E-state index is 5.94. The van der Waals surface area contributed by atoms with E-state index in [4.69, 9.17) is 4.52 Å². The van der Waals surface area contributed by atoms with E-state index in [1.165, 1.54) is 27.4 Å². The Bertz CT molecular complexity index is 771. The number of rotatable bonds is 2. The Morgan fingerprint density at radius 1 is 1.06 bits per heavy atom. The summed E-state index contributed by atoms with van der Waals surface area (Å²) in [5, 5.41) is 2.59. The first-order valence-corrected chi connectivity index (χ1v) is 6.13. The van der Waals surface area contributed by atoms with Gasteiger partial charge in [-0.05, 0) is 24.6 Å². The zero-order valence-electron chi connectivity index (χ0n) is 9.73. The second kappa shape index (κ2) is 3.04. The minimum absolute atomic E-state index is 1.03. The monoisotopic (exact) mass is 223 g/mol. The van der Waals surface area contributed by atoms with Crippen molar-refractivity contribution in [3.05, 3.63) is 42.0 Å². The molecule has 2 heterocycles. The van der Waals surface area contributed by atoms with E-state index in [1.807, 2.05) is 4.57 Å². The third kappa shape index (κ3) is 1.00. The van der Waals surface area contributed by atoms with Crippen LogP contribution in [0.4, 0.5) is 0 Å². The first-order valence-electron chi connectivity index (χ1n) is 6.13. The lowest BCUT2D eigenvalue weighted by molar-refractivity contribution is 0.424. The molecule has 0 aliphatic rings. The lowest BCUT2D eigenvalue weighted by Gasteiger charge is -1.96. The van der Waals surface area contributed by atoms with Crippen LogP contribution in [0.2, 0.25) is 0 Å². The molecule has 0 N–H and O–H groups in total. The predicted octanol–water partition coefficient (Wildman–Crippen LogP) is 4.23. The summed E-state index contributed by atoms with van der Waals surface area (Å²) in [5.41, 5.74) is 4.83. The van der Waals surface area contributed by atoms with Crippen molar-refractivity contribution >= 4 is 27.4 Å². The van der Waals surface area contributed by atoms with Gasteiger partial charge < -0.3 is 4.52 Å². The number of hydrogen-bond acceptors (Lipinski definition) is 1. The van der Waals surface area contributed by atoms with E-state index in [-0.39, 0.29) is 0 Å². The fraction of sp³-hybridized carbons (Fsp3) is 0.200. The molecular weight excluding hydrogens is 210 g/mol. The van der Waals surface area contributed by atoms with Gasteiger partial charge in [0.05, 0.1) is 11.0 Å². The minimum atomic E-state index is 1.03. The number of benzene rings is 2. The van der Waals surface area contributed by atoms with Gasteiger partial charge in [-0.2, -0.15) is 4.57 Å². The highest BCUT2D eigenvalue weighted by Gasteiger charge is 2.18. The van der Waals surface area contributed by atoms with Crippen LogP contribution >= 0.6 is 0 Å². The summed E-state index contributed by atoms with van der Waals surface area (Å²) in [7, 11) is 0. The lowest BCUT2D eigenvalue weighted by atomic mass is 10.1. The highest BCUT2D eigenvalue weighted by atomic mass is 16.5. The van der Waals surface area contributed by atoms with Crippen molar-refractivity contribution in [3.8, 4) is 0 Å². The summed E-state index contributed by atoms with van der Waals surface area (Å²) in [5.74, 6) is 0. The van der Waals surface area contributed by atoms with Crippen molar-refractivity contribution in [2.24, 2.45) is 0 Å². The third-order valence-corrected chi connectivity index (χ3v) is 3.55. The molecule has 0 aliphatic heterocycles. The minimum Gasteiger partial charge on any atom is -0.374 e. The van der Waals surface area contributed by atoms with Gasteiger partial charge >= 0.3 is 0 Å². The molecule has 2 aromatic carbocycles. The molecule has 0 amide bonds. The van der Waals surface area contributed by atoms with Gasteiger partial charge in [0.15, 0.2) is 5.58 Å². The first kappa shape index (κ1) is 9.11. The van der Waals surface area contributed by atoms with Crippen LogP contribution in [-0.4, -0.2) is 4.57 Å².